The second-order valence-corrected chi connectivity index (χ2v) is 6.21. The van der Waals surface area contributed by atoms with Crippen LogP contribution in [0.25, 0.3) is 0 Å². The minimum atomic E-state index is -0.756. The number of carboxylic acid groups (broad SMARTS) is 1. The summed E-state index contributed by atoms with van der Waals surface area (Å²) >= 11 is 7.72. The van der Waals surface area contributed by atoms with E-state index < -0.39 is 11.4 Å². The fourth-order valence-corrected chi connectivity index (χ4v) is 3.52. The number of hydrogen-bond donors (Lipinski definition) is 1. The van der Waals surface area contributed by atoms with E-state index >= 15 is 0 Å². The minimum Gasteiger partial charge on any atom is -0.481 e. The topological polar surface area (TPSA) is 37.3 Å². The van der Waals surface area contributed by atoms with Gasteiger partial charge in [0.25, 0.3) is 0 Å². The number of carboxylic acids is 1. The van der Waals surface area contributed by atoms with Crippen LogP contribution in [0.2, 0.25) is 5.02 Å². The van der Waals surface area contributed by atoms with Gasteiger partial charge >= 0.3 is 5.97 Å². The van der Waals surface area contributed by atoms with E-state index in [4.69, 9.17) is 11.6 Å². The SMILES string of the molecule is CC(C)(C(=O)O)C1Cc2c(Cl)cccc2S1. The number of benzene rings is 1. The van der Waals surface area contributed by atoms with E-state index in [2.05, 4.69) is 0 Å². The zero-order chi connectivity index (χ0) is 11.9. The van der Waals surface area contributed by atoms with Crippen LogP contribution in [-0.2, 0) is 11.2 Å². The van der Waals surface area contributed by atoms with Crippen molar-refractivity contribution in [2.45, 2.75) is 30.4 Å². The highest BCUT2D eigenvalue weighted by atomic mass is 35.5. The molecule has 2 rings (SSSR count). The van der Waals surface area contributed by atoms with Crippen molar-refractivity contribution in [2.75, 3.05) is 0 Å². The normalized spacial score (nSPS) is 19.6. The molecule has 16 heavy (non-hydrogen) atoms. The summed E-state index contributed by atoms with van der Waals surface area (Å²) in [5.41, 5.74) is 0.362. The molecule has 1 heterocycles. The molecule has 1 aliphatic heterocycles. The molecule has 0 fully saturated rings. The lowest BCUT2D eigenvalue weighted by Gasteiger charge is -2.25. The summed E-state index contributed by atoms with van der Waals surface area (Å²) in [7, 11) is 0. The number of rotatable bonds is 2. The summed E-state index contributed by atoms with van der Waals surface area (Å²) in [6, 6.07) is 5.77. The highest BCUT2D eigenvalue weighted by Crippen LogP contribution is 2.47. The van der Waals surface area contributed by atoms with Crippen molar-refractivity contribution in [1.82, 2.24) is 0 Å². The first-order chi connectivity index (χ1) is 7.43. The Bertz CT molecular complexity index is 443. The maximum Gasteiger partial charge on any atom is 0.310 e. The molecule has 1 aliphatic rings. The van der Waals surface area contributed by atoms with Crippen LogP contribution in [0.3, 0.4) is 0 Å². The monoisotopic (exact) mass is 256 g/mol. The molecule has 1 aromatic rings. The average Bonchev–Trinajstić information content (AvgIpc) is 2.63. The van der Waals surface area contributed by atoms with Crippen molar-refractivity contribution >= 4 is 29.3 Å². The maximum atomic E-state index is 11.2. The van der Waals surface area contributed by atoms with Crippen LogP contribution < -0.4 is 0 Å². The first-order valence-corrected chi connectivity index (χ1v) is 6.36. The third-order valence-electron chi connectivity index (χ3n) is 3.09. The van der Waals surface area contributed by atoms with Gasteiger partial charge in [-0.1, -0.05) is 17.7 Å². The Labute approximate surface area is 104 Å². The average molecular weight is 257 g/mol. The molecule has 1 atom stereocenters. The zero-order valence-electron chi connectivity index (χ0n) is 9.16. The third-order valence-corrected chi connectivity index (χ3v) is 5.12. The molecule has 0 aliphatic carbocycles. The van der Waals surface area contributed by atoms with Gasteiger partial charge in [-0.2, -0.15) is 0 Å². The molecule has 2 nitrogen and oxygen atoms in total. The summed E-state index contributed by atoms with van der Waals surface area (Å²) in [6.45, 7) is 3.54. The fraction of sp³-hybridized carbons (Fsp3) is 0.417. The molecule has 0 amide bonds. The van der Waals surface area contributed by atoms with Crippen molar-refractivity contribution in [3.8, 4) is 0 Å². The van der Waals surface area contributed by atoms with E-state index in [-0.39, 0.29) is 5.25 Å². The molecule has 0 spiro atoms. The third kappa shape index (κ3) is 1.82. The second-order valence-electron chi connectivity index (χ2n) is 4.55. The molecule has 1 unspecified atom stereocenters. The first-order valence-electron chi connectivity index (χ1n) is 5.10. The predicted molar refractivity (Wildman–Crippen MR) is 66.2 cm³/mol. The smallest absolute Gasteiger partial charge is 0.310 e. The summed E-state index contributed by atoms with van der Waals surface area (Å²) < 4.78 is 0. The largest absolute Gasteiger partial charge is 0.481 e. The lowest BCUT2D eigenvalue weighted by Crippen LogP contribution is -2.34. The van der Waals surface area contributed by atoms with E-state index in [0.29, 0.717) is 0 Å². The van der Waals surface area contributed by atoms with Gasteiger partial charge in [0, 0.05) is 15.2 Å². The van der Waals surface area contributed by atoms with Crippen LogP contribution in [0, 0.1) is 5.41 Å². The second kappa shape index (κ2) is 3.97. The highest BCUT2D eigenvalue weighted by Gasteiger charge is 2.41. The van der Waals surface area contributed by atoms with Crippen LogP contribution in [0.15, 0.2) is 23.1 Å². The minimum absolute atomic E-state index is 0.0555. The Hall–Kier alpha value is -0.670. The van der Waals surface area contributed by atoms with E-state index in [1.54, 1.807) is 25.6 Å². The molecule has 1 N–H and O–H groups in total. The Morgan fingerprint density at radius 2 is 2.25 bits per heavy atom. The fourth-order valence-electron chi connectivity index (χ4n) is 1.77. The lowest BCUT2D eigenvalue weighted by molar-refractivity contribution is -0.146. The van der Waals surface area contributed by atoms with Crippen molar-refractivity contribution in [1.29, 1.82) is 0 Å². The van der Waals surface area contributed by atoms with Crippen LogP contribution in [0.4, 0.5) is 0 Å². The summed E-state index contributed by atoms with van der Waals surface area (Å²) in [4.78, 5) is 12.3. The van der Waals surface area contributed by atoms with E-state index in [1.807, 2.05) is 18.2 Å². The molecule has 0 saturated heterocycles. The molecule has 0 bridgehead atoms. The number of halogens is 1. The van der Waals surface area contributed by atoms with Gasteiger partial charge in [-0.15, -0.1) is 11.8 Å². The van der Waals surface area contributed by atoms with Gasteiger partial charge in [-0.3, -0.25) is 4.79 Å². The number of aliphatic carboxylic acids is 1. The van der Waals surface area contributed by atoms with Gasteiger partial charge in [0.15, 0.2) is 0 Å². The van der Waals surface area contributed by atoms with Crippen LogP contribution in [-0.4, -0.2) is 16.3 Å². The van der Waals surface area contributed by atoms with Crippen molar-refractivity contribution in [3.63, 3.8) is 0 Å². The maximum absolute atomic E-state index is 11.2. The highest BCUT2D eigenvalue weighted by molar-refractivity contribution is 8.00. The summed E-state index contributed by atoms with van der Waals surface area (Å²) in [6.07, 6.45) is 0.735. The predicted octanol–water partition coefficient (Wildman–Crippen LogP) is 3.47. The van der Waals surface area contributed by atoms with Crippen molar-refractivity contribution < 1.29 is 9.90 Å². The molecule has 0 radical (unpaired) electrons. The van der Waals surface area contributed by atoms with Gasteiger partial charge in [-0.05, 0) is 38.0 Å². The zero-order valence-corrected chi connectivity index (χ0v) is 10.7. The number of carbonyl (C=O) groups is 1. The molecule has 1 aromatic carbocycles. The van der Waals surface area contributed by atoms with Crippen LogP contribution in [0.1, 0.15) is 19.4 Å². The lowest BCUT2D eigenvalue weighted by atomic mass is 9.86. The van der Waals surface area contributed by atoms with E-state index in [9.17, 15) is 9.90 Å². The van der Waals surface area contributed by atoms with Crippen LogP contribution in [0.5, 0.6) is 0 Å². The standard InChI is InChI=1S/C12H13ClO2S/c1-12(2,11(14)15)10-6-7-8(13)4-3-5-9(7)16-10/h3-5,10H,6H2,1-2H3,(H,14,15). The molecule has 0 saturated carbocycles. The summed E-state index contributed by atoms with van der Waals surface area (Å²) in [5.74, 6) is -0.756. The molecule has 4 heteroatoms. The Kier molecular flexibility index (Phi) is 2.93. The van der Waals surface area contributed by atoms with Gasteiger partial charge < -0.3 is 5.11 Å². The first kappa shape index (κ1) is 11.8. The molecule has 86 valence electrons. The molecule has 0 aromatic heterocycles. The van der Waals surface area contributed by atoms with Crippen molar-refractivity contribution in [3.05, 3.63) is 28.8 Å². The quantitative estimate of drug-likeness (QED) is 0.880. The number of fused-ring (bicyclic) bond motifs is 1. The Morgan fingerprint density at radius 3 is 2.81 bits per heavy atom. The summed E-state index contributed by atoms with van der Waals surface area (Å²) in [5, 5.41) is 10.0. The van der Waals surface area contributed by atoms with Gasteiger partial charge in [-0.25, -0.2) is 0 Å². The number of thioether (sulfide) groups is 1. The van der Waals surface area contributed by atoms with E-state index in [0.717, 1.165) is 21.9 Å². The molecular formula is C12H13ClO2S. The van der Waals surface area contributed by atoms with Gasteiger partial charge in [0.05, 0.1) is 5.41 Å². The van der Waals surface area contributed by atoms with Crippen LogP contribution >= 0.6 is 23.4 Å². The van der Waals surface area contributed by atoms with Gasteiger partial charge in [0.2, 0.25) is 0 Å². The van der Waals surface area contributed by atoms with Crippen molar-refractivity contribution in [2.24, 2.45) is 5.41 Å². The molecular weight excluding hydrogens is 244 g/mol. The Balaban J connectivity index is 2.30. The Morgan fingerprint density at radius 1 is 1.56 bits per heavy atom. The van der Waals surface area contributed by atoms with Gasteiger partial charge in [0.1, 0.15) is 0 Å². The number of hydrogen-bond acceptors (Lipinski definition) is 2. The van der Waals surface area contributed by atoms with E-state index in [1.165, 1.54) is 0 Å².